The van der Waals surface area contributed by atoms with Crippen molar-refractivity contribution in [3.63, 3.8) is 0 Å². The smallest absolute Gasteiger partial charge is 0.255 e. The molecule has 124 valence electrons. The third-order valence-corrected chi connectivity index (χ3v) is 4.46. The molecule has 1 aromatic heterocycles. The summed E-state index contributed by atoms with van der Waals surface area (Å²) in [6.45, 7) is 0.928. The normalized spacial score (nSPS) is 17.4. The summed E-state index contributed by atoms with van der Waals surface area (Å²) >= 11 is 0. The molecule has 4 rings (SSSR count). The molecule has 1 aliphatic heterocycles. The molecular weight excluding hydrogens is 314 g/mol. The van der Waals surface area contributed by atoms with Crippen LogP contribution in [0.5, 0.6) is 0 Å². The van der Waals surface area contributed by atoms with E-state index < -0.39 is 6.04 Å². The van der Waals surface area contributed by atoms with Crippen molar-refractivity contribution in [3.8, 4) is 0 Å². The summed E-state index contributed by atoms with van der Waals surface area (Å²) in [6, 6.07) is 18.0. The van der Waals surface area contributed by atoms with Crippen LogP contribution >= 0.6 is 0 Å². The van der Waals surface area contributed by atoms with Crippen molar-refractivity contribution in [2.75, 3.05) is 13.1 Å². The number of nitrogens with zero attached hydrogens (tertiary/aromatic N) is 2. The van der Waals surface area contributed by atoms with Gasteiger partial charge in [-0.1, -0.05) is 42.5 Å². The average Bonchev–Trinajstić information content (AvgIpc) is 2.67. The zero-order chi connectivity index (χ0) is 17.2. The summed E-state index contributed by atoms with van der Waals surface area (Å²) in [5.74, 6) is -0.300. The Morgan fingerprint density at radius 1 is 1.04 bits per heavy atom. The van der Waals surface area contributed by atoms with Crippen LogP contribution in [0.1, 0.15) is 22.0 Å². The third kappa shape index (κ3) is 2.74. The Labute approximate surface area is 145 Å². The second-order valence-corrected chi connectivity index (χ2v) is 5.98. The number of piperazine rings is 1. The summed E-state index contributed by atoms with van der Waals surface area (Å²) < 4.78 is 0. The molecule has 0 spiro atoms. The lowest BCUT2D eigenvalue weighted by Gasteiger charge is -2.35. The van der Waals surface area contributed by atoms with Crippen molar-refractivity contribution in [2.45, 2.75) is 6.04 Å². The largest absolute Gasteiger partial charge is 0.352 e. The molecule has 5 heteroatoms. The van der Waals surface area contributed by atoms with Crippen molar-refractivity contribution in [2.24, 2.45) is 0 Å². The Morgan fingerprint density at radius 2 is 1.88 bits per heavy atom. The van der Waals surface area contributed by atoms with Crippen LogP contribution in [0.3, 0.4) is 0 Å². The number of rotatable bonds is 2. The molecular formula is C20H17N3O2. The van der Waals surface area contributed by atoms with E-state index in [1.54, 1.807) is 17.2 Å². The topological polar surface area (TPSA) is 62.3 Å². The minimum Gasteiger partial charge on any atom is -0.352 e. The van der Waals surface area contributed by atoms with Crippen molar-refractivity contribution < 1.29 is 9.59 Å². The van der Waals surface area contributed by atoms with Crippen LogP contribution in [0.25, 0.3) is 10.9 Å². The average molecular weight is 331 g/mol. The lowest BCUT2D eigenvalue weighted by Crippen LogP contribution is -2.52. The molecule has 1 saturated heterocycles. The van der Waals surface area contributed by atoms with Gasteiger partial charge >= 0.3 is 0 Å². The van der Waals surface area contributed by atoms with E-state index >= 15 is 0 Å². The van der Waals surface area contributed by atoms with Crippen LogP contribution in [0.4, 0.5) is 0 Å². The lowest BCUT2D eigenvalue weighted by atomic mass is 10.00. The monoisotopic (exact) mass is 331 g/mol. The fourth-order valence-electron chi connectivity index (χ4n) is 3.30. The molecule has 1 fully saturated rings. The van der Waals surface area contributed by atoms with Crippen molar-refractivity contribution in [1.29, 1.82) is 0 Å². The molecule has 1 N–H and O–H groups in total. The Bertz CT molecular complexity index is 935. The molecule has 2 aromatic carbocycles. The molecule has 1 aliphatic rings. The third-order valence-electron chi connectivity index (χ3n) is 4.46. The van der Waals surface area contributed by atoms with Gasteiger partial charge in [-0.25, -0.2) is 0 Å². The molecule has 2 heterocycles. The number of hydrogen-bond acceptors (Lipinski definition) is 3. The number of carbonyl (C=O) groups excluding carboxylic acids is 2. The molecule has 0 aliphatic carbocycles. The minimum atomic E-state index is -0.616. The quantitative estimate of drug-likeness (QED) is 0.785. The van der Waals surface area contributed by atoms with Crippen LogP contribution in [0.15, 0.2) is 66.9 Å². The molecule has 0 saturated carbocycles. The summed E-state index contributed by atoms with van der Waals surface area (Å²) in [5.41, 5.74) is 2.15. The molecule has 0 radical (unpaired) electrons. The van der Waals surface area contributed by atoms with Gasteiger partial charge in [0, 0.05) is 30.2 Å². The van der Waals surface area contributed by atoms with Gasteiger partial charge in [-0.05, 0) is 23.8 Å². The standard InChI is InChI=1S/C20H17N3O2/c24-19-18(14-6-2-1-3-7-14)23(13-12-22-19)20(25)16-8-4-10-17-15(16)9-5-11-21-17/h1-11,18H,12-13H2,(H,22,24)/t18-/m0/s1. The van der Waals surface area contributed by atoms with Gasteiger partial charge in [0.15, 0.2) is 0 Å². The summed E-state index contributed by atoms with van der Waals surface area (Å²) in [6.07, 6.45) is 1.71. The molecule has 0 unspecified atom stereocenters. The number of hydrogen-bond donors (Lipinski definition) is 1. The highest BCUT2D eigenvalue weighted by Gasteiger charge is 2.35. The molecule has 25 heavy (non-hydrogen) atoms. The molecule has 2 amide bonds. The first-order chi connectivity index (χ1) is 12.3. The van der Waals surface area contributed by atoms with E-state index in [0.29, 0.717) is 18.7 Å². The highest BCUT2D eigenvalue weighted by molar-refractivity contribution is 6.07. The van der Waals surface area contributed by atoms with Crippen LogP contribution in [-0.4, -0.2) is 34.8 Å². The van der Waals surface area contributed by atoms with E-state index in [-0.39, 0.29) is 11.8 Å². The molecule has 1 atom stereocenters. The maximum Gasteiger partial charge on any atom is 0.255 e. The summed E-state index contributed by atoms with van der Waals surface area (Å²) in [5, 5.41) is 3.66. The van der Waals surface area contributed by atoms with Gasteiger partial charge in [0.25, 0.3) is 5.91 Å². The Morgan fingerprint density at radius 3 is 2.72 bits per heavy atom. The maximum atomic E-state index is 13.3. The van der Waals surface area contributed by atoms with E-state index in [0.717, 1.165) is 16.5 Å². The van der Waals surface area contributed by atoms with E-state index in [2.05, 4.69) is 10.3 Å². The van der Waals surface area contributed by atoms with Gasteiger partial charge in [-0.2, -0.15) is 0 Å². The van der Waals surface area contributed by atoms with E-state index in [9.17, 15) is 9.59 Å². The zero-order valence-corrected chi connectivity index (χ0v) is 13.6. The highest BCUT2D eigenvalue weighted by Crippen LogP contribution is 2.27. The zero-order valence-electron chi connectivity index (χ0n) is 13.6. The number of benzene rings is 2. The first-order valence-corrected chi connectivity index (χ1v) is 8.23. The number of nitrogens with one attached hydrogen (secondary N) is 1. The van der Waals surface area contributed by atoms with Crippen LogP contribution < -0.4 is 5.32 Å². The van der Waals surface area contributed by atoms with Crippen LogP contribution in [0, 0.1) is 0 Å². The van der Waals surface area contributed by atoms with Gasteiger partial charge in [0.1, 0.15) is 6.04 Å². The summed E-state index contributed by atoms with van der Waals surface area (Å²) in [7, 11) is 0. The second-order valence-electron chi connectivity index (χ2n) is 5.98. The Balaban J connectivity index is 1.78. The van der Waals surface area contributed by atoms with E-state index in [4.69, 9.17) is 0 Å². The number of pyridine rings is 1. The number of amides is 2. The fraction of sp³-hybridized carbons (Fsp3) is 0.150. The lowest BCUT2D eigenvalue weighted by molar-refractivity contribution is -0.128. The molecule has 3 aromatic rings. The Hall–Kier alpha value is -3.21. The van der Waals surface area contributed by atoms with Gasteiger partial charge in [0.2, 0.25) is 5.91 Å². The van der Waals surface area contributed by atoms with E-state index in [1.165, 1.54) is 0 Å². The van der Waals surface area contributed by atoms with Crippen molar-refractivity contribution >= 4 is 22.7 Å². The SMILES string of the molecule is O=C1NCCN(C(=O)c2cccc3ncccc23)[C@H]1c1ccccc1. The van der Waals surface area contributed by atoms with Crippen molar-refractivity contribution in [1.82, 2.24) is 15.2 Å². The van der Waals surface area contributed by atoms with Crippen LogP contribution in [-0.2, 0) is 4.79 Å². The number of carbonyl (C=O) groups is 2. The molecule has 5 nitrogen and oxygen atoms in total. The first-order valence-electron chi connectivity index (χ1n) is 8.23. The predicted octanol–water partition coefficient (Wildman–Crippen LogP) is 2.55. The second kappa shape index (κ2) is 6.36. The van der Waals surface area contributed by atoms with Crippen molar-refractivity contribution in [3.05, 3.63) is 78.0 Å². The summed E-state index contributed by atoms with van der Waals surface area (Å²) in [4.78, 5) is 31.7. The van der Waals surface area contributed by atoms with Gasteiger partial charge < -0.3 is 10.2 Å². The minimum absolute atomic E-state index is 0.149. The number of fused-ring (bicyclic) bond motifs is 1. The fourth-order valence-corrected chi connectivity index (χ4v) is 3.30. The van der Waals surface area contributed by atoms with Crippen LogP contribution in [0.2, 0.25) is 0 Å². The predicted molar refractivity (Wildman–Crippen MR) is 95.0 cm³/mol. The highest BCUT2D eigenvalue weighted by atomic mass is 16.2. The van der Waals surface area contributed by atoms with Gasteiger partial charge in [-0.3, -0.25) is 14.6 Å². The maximum absolute atomic E-state index is 13.3. The van der Waals surface area contributed by atoms with E-state index in [1.807, 2.05) is 54.6 Å². The molecule has 0 bridgehead atoms. The van der Waals surface area contributed by atoms with Gasteiger partial charge in [-0.15, -0.1) is 0 Å². The first kappa shape index (κ1) is 15.3. The van der Waals surface area contributed by atoms with Gasteiger partial charge in [0.05, 0.1) is 5.52 Å². The Kier molecular flexibility index (Phi) is 3.90. The number of aromatic nitrogens is 1.